The predicted octanol–water partition coefficient (Wildman–Crippen LogP) is 5.04. The van der Waals surface area contributed by atoms with E-state index >= 15 is 0 Å². The van der Waals surface area contributed by atoms with Crippen LogP contribution in [0, 0.1) is 0 Å². The van der Waals surface area contributed by atoms with Crippen molar-refractivity contribution in [1.82, 2.24) is 4.90 Å². The lowest BCUT2D eigenvalue weighted by Gasteiger charge is -2.37. The molecule has 1 N–H and O–H groups in total. The number of aliphatic hydroxyl groups is 1. The highest BCUT2D eigenvalue weighted by Crippen LogP contribution is 2.32. The van der Waals surface area contributed by atoms with Crippen LogP contribution >= 0.6 is 0 Å². The number of rotatable bonds is 9. The zero-order chi connectivity index (χ0) is 24.7. The summed E-state index contributed by atoms with van der Waals surface area (Å²) in [5, 5.41) is 10.6. The van der Waals surface area contributed by atoms with Crippen molar-refractivity contribution in [2.75, 3.05) is 50.8 Å². The summed E-state index contributed by atoms with van der Waals surface area (Å²) in [6, 6.07) is 25.8. The second kappa shape index (κ2) is 11.7. The molecule has 1 fully saturated rings. The monoisotopic (exact) mass is 484 g/mol. The summed E-state index contributed by atoms with van der Waals surface area (Å²) in [5.41, 5.74) is 2.28. The molecule has 186 valence electrons. The van der Waals surface area contributed by atoms with Crippen molar-refractivity contribution in [3.8, 4) is 0 Å². The molecule has 1 atom stereocenters. The van der Waals surface area contributed by atoms with Crippen molar-refractivity contribution < 1.29 is 23.0 Å². The molecule has 4 nitrogen and oxygen atoms in total. The highest BCUT2D eigenvalue weighted by molar-refractivity contribution is 5.49. The van der Waals surface area contributed by atoms with Gasteiger partial charge in [0.15, 0.2) is 0 Å². The number of aliphatic hydroxyl groups excluding tert-OH is 1. The van der Waals surface area contributed by atoms with E-state index in [0.29, 0.717) is 45.0 Å². The van der Waals surface area contributed by atoms with Gasteiger partial charge in [-0.3, -0.25) is 4.90 Å². The molecule has 0 amide bonds. The Bertz CT molecular complexity index is 999. The van der Waals surface area contributed by atoms with Crippen molar-refractivity contribution in [2.24, 2.45) is 0 Å². The number of nitrogens with zero attached hydrogens (tertiary/aromatic N) is 2. The Labute approximate surface area is 204 Å². The molecule has 0 saturated carbocycles. The van der Waals surface area contributed by atoms with Crippen LogP contribution in [-0.2, 0) is 10.9 Å². The first-order chi connectivity index (χ1) is 16.9. The average molecular weight is 485 g/mol. The summed E-state index contributed by atoms with van der Waals surface area (Å²) in [6.45, 7) is 3.72. The van der Waals surface area contributed by atoms with Crippen LogP contribution in [0.25, 0.3) is 0 Å². The van der Waals surface area contributed by atoms with Gasteiger partial charge in [0.05, 0.1) is 24.9 Å². The number of β-amino-alcohol motifs (C(OH)–C–C–N with tert-alkyl or cyclic N) is 1. The molecular weight excluding hydrogens is 453 g/mol. The molecule has 0 aliphatic carbocycles. The molecule has 1 aliphatic heterocycles. The van der Waals surface area contributed by atoms with Gasteiger partial charge in [0, 0.05) is 44.3 Å². The number of ether oxygens (including phenoxy) is 1. The van der Waals surface area contributed by atoms with Crippen LogP contribution in [0.2, 0.25) is 0 Å². The van der Waals surface area contributed by atoms with E-state index < -0.39 is 17.8 Å². The Hall–Kier alpha value is -2.87. The fraction of sp³-hybridized carbons (Fsp3) is 0.357. The summed E-state index contributed by atoms with van der Waals surface area (Å²) < 4.78 is 45.0. The maximum atomic E-state index is 13.0. The zero-order valence-electron chi connectivity index (χ0n) is 19.6. The topological polar surface area (TPSA) is 35.9 Å². The standard InChI is InChI=1S/C28H31F3N2O2/c29-28(30,31)24-12-7-13-25(18-24)33-16-14-32(15-17-33)19-26(34)20-35-21-27(22-8-3-1-4-9-22)23-10-5-2-6-11-23/h1-13,18,26-27,34H,14-17,19-21H2/t26-/m0/s1. The first-order valence-electron chi connectivity index (χ1n) is 11.9. The summed E-state index contributed by atoms with van der Waals surface area (Å²) in [7, 11) is 0. The number of anilines is 1. The lowest BCUT2D eigenvalue weighted by Crippen LogP contribution is -2.49. The van der Waals surface area contributed by atoms with Crippen LogP contribution in [0.5, 0.6) is 0 Å². The number of alkyl halides is 3. The van der Waals surface area contributed by atoms with E-state index in [2.05, 4.69) is 29.2 Å². The molecule has 1 heterocycles. The molecule has 0 radical (unpaired) electrons. The maximum Gasteiger partial charge on any atom is 0.416 e. The average Bonchev–Trinajstić information content (AvgIpc) is 2.88. The third kappa shape index (κ3) is 7.07. The van der Waals surface area contributed by atoms with Crippen molar-refractivity contribution >= 4 is 5.69 Å². The number of halogens is 3. The Balaban J connectivity index is 1.25. The van der Waals surface area contributed by atoms with Gasteiger partial charge in [0.2, 0.25) is 0 Å². The highest BCUT2D eigenvalue weighted by Gasteiger charge is 2.31. The van der Waals surface area contributed by atoms with Gasteiger partial charge in [0.25, 0.3) is 0 Å². The molecule has 0 aromatic heterocycles. The SMILES string of the molecule is O[C@H](COCC(c1ccccc1)c1ccccc1)CN1CCN(c2cccc(C(F)(F)F)c2)CC1. The van der Waals surface area contributed by atoms with Crippen LogP contribution in [0.15, 0.2) is 84.9 Å². The van der Waals surface area contributed by atoms with E-state index in [1.165, 1.54) is 23.3 Å². The third-order valence-electron chi connectivity index (χ3n) is 6.38. The van der Waals surface area contributed by atoms with Crippen molar-refractivity contribution in [3.05, 3.63) is 102 Å². The molecule has 3 aromatic carbocycles. The van der Waals surface area contributed by atoms with E-state index in [1.807, 2.05) is 41.3 Å². The molecule has 35 heavy (non-hydrogen) atoms. The minimum Gasteiger partial charge on any atom is -0.389 e. The van der Waals surface area contributed by atoms with Gasteiger partial charge < -0.3 is 14.7 Å². The lowest BCUT2D eigenvalue weighted by atomic mass is 9.92. The Kier molecular flexibility index (Phi) is 8.44. The Morgan fingerprint density at radius 2 is 1.37 bits per heavy atom. The van der Waals surface area contributed by atoms with Gasteiger partial charge in [-0.1, -0.05) is 66.7 Å². The van der Waals surface area contributed by atoms with Gasteiger partial charge in [0.1, 0.15) is 0 Å². The predicted molar refractivity (Wildman–Crippen MR) is 132 cm³/mol. The van der Waals surface area contributed by atoms with Crippen molar-refractivity contribution in [2.45, 2.75) is 18.2 Å². The molecule has 0 unspecified atom stereocenters. The van der Waals surface area contributed by atoms with Crippen LogP contribution in [0.4, 0.5) is 18.9 Å². The summed E-state index contributed by atoms with van der Waals surface area (Å²) in [6.07, 6.45) is -4.98. The fourth-order valence-electron chi connectivity index (χ4n) is 4.50. The quantitative estimate of drug-likeness (QED) is 0.462. The second-order valence-electron chi connectivity index (χ2n) is 8.90. The van der Waals surface area contributed by atoms with Crippen molar-refractivity contribution in [1.29, 1.82) is 0 Å². The molecule has 7 heteroatoms. The molecule has 3 aromatic rings. The van der Waals surface area contributed by atoms with Gasteiger partial charge in [-0.15, -0.1) is 0 Å². The van der Waals surface area contributed by atoms with E-state index in [1.54, 1.807) is 6.07 Å². The van der Waals surface area contributed by atoms with E-state index in [0.717, 1.165) is 6.07 Å². The van der Waals surface area contributed by atoms with Gasteiger partial charge in [-0.25, -0.2) is 0 Å². The van der Waals surface area contributed by atoms with Gasteiger partial charge in [-0.2, -0.15) is 13.2 Å². The fourth-order valence-corrected chi connectivity index (χ4v) is 4.50. The van der Waals surface area contributed by atoms with E-state index in [4.69, 9.17) is 4.74 Å². The summed E-state index contributed by atoms with van der Waals surface area (Å²) in [5.74, 6) is 0.0839. The van der Waals surface area contributed by atoms with Gasteiger partial charge in [-0.05, 0) is 29.3 Å². The highest BCUT2D eigenvalue weighted by atomic mass is 19.4. The minimum atomic E-state index is -4.35. The lowest BCUT2D eigenvalue weighted by molar-refractivity contribution is -0.137. The van der Waals surface area contributed by atoms with Crippen LogP contribution < -0.4 is 4.90 Å². The molecule has 1 saturated heterocycles. The molecular formula is C28H31F3N2O2. The van der Waals surface area contributed by atoms with Gasteiger partial charge >= 0.3 is 6.18 Å². The molecule has 1 aliphatic rings. The first kappa shape index (κ1) is 25.2. The van der Waals surface area contributed by atoms with E-state index in [-0.39, 0.29) is 12.5 Å². The Morgan fingerprint density at radius 1 is 0.771 bits per heavy atom. The largest absolute Gasteiger partial charge is 0.416 e. The number of hydrogen-bond donors (Lipinski definition) is 1. The van der Waals surface area contributed by atoms with Crippen LogP contribution in [-0.4, -0.2) is 62.0 Å². The summed E-state index contributed by atoms with van der Waals surface area (Å²) >= 11 is 0. The second-order valence-corrected chi connectivity index (χ2v) is 8.90. The number of benzene rings is 3. The molecule has 0 spiro atoms. The summed E-state index contributed by atoms with van der Waals surface area (Å²) in [4.78, 5) is 4.09. The van der Waals surface area contributed by atoms with Crippen molar-refractivity contribution in [3.63, 3.8) is 0 Å². The van der Waals surface area contributed by atoms with Crippen LogP contribution in [0.3, 0.4) is 0 Å². The smallest absolute Gasteiger partial charge is 0.389 e. The number of piperazine rings is 1. The number of hydrogen-bond acceptors (Lipinski definition) is 4. The van der Waals surface area contributed by atoms with Crippen LogP contribution in [0.1, 0.15) is 22.6 Å². The minimum absolute atomic E-state index is 0.0839. The Morgan fingerprint density at radius 3 is 1.94 bits per heavy atom. The van der Waals surface area contributed by atoms with E-state index in [9.17, 15) is 18.3 Å². The normalized spacial score (nSPS) is 16.0. The zero-order valence-corrected chi connectivity index (χ0v) is 19.6. The molecule has 4 rings (SSSR count). The third-order valence-corrected chi connectivity index (χ3v) is 6.38. The maximum absolute atomic E-state index is 13.0. The molecule has 0 bridgehead atoms. The first-order valence-corrected chi connectivity index (χ1v) is 11.9.